The van der Waals surface area contributed by atoms with Crippen LogP contribution in [0.25, 0.3) is 0 Å². The fourth-order valence-electron chi connectivity index (χ4n) is 7.94. The minimum atomic E-state index is -2.66. The summed E-state index contributed by atoms with van der Waals surface area (Å²) in [6.45, 7) is 14.5. The lowest BCUT2D eigenvalue weighted by Gasteiger charge is -2.62. The van der Waals surface area contributed by atoms with Gasteiger partial charge in [-0.2, -0.15) is 0 Å². The summed E-state index contributed by atoms with van der Waals surface area (Å²) in [6.07, 6.45) is 1.88. The Morgan fingerprint density at radius 2 is 1.68 bits per heavy atom. The molecule has 3 aliphatic carbocycles. The standard InChI is InChI=1S/C31H40O7/c1-15(2)22-24(34)20(16(3)32)26(36)31(38)27(37)23-25(35)21-18(13-29(23,7)14-30(22,31)8)17(9-10-19(21)33)11-12-28(4,5)6/h9-10,15,20,22-23,33,38H,11-14H2,1-8H3/t20?,22?,23?,29-,30-,31+/m1/s1. The molecule has 4 rings (SSSR count). The number of carbonyl (C=O) groups excluding carboxylic acids is 5. The average molecular weight is 525 g/mol. The van der Waals surface area contributed by atoms with E-state index in [-0.39, 0.29) is 35.5 Å². The Hall–Kier alpha value is -2.67. The summed E-state index contributed by atoms with van der Waals surface area (Å²) >= 11 is 0. The molecule has 206 valence electrons. The summed E-state index contributed by atoms with van der Waals surface area (Å²) in [5.74, 6) is -8.62. The van der Waals surface area contributed by atoms with E-state index in [4.69, 9.17) is 0 Å². The van der Waals surface area contributed by atoms with Crippen LogP contribution in [0.15, 0.2) is 12.1 Å². The van der Waals surface area contributed by atoms with Crippen LogP contribution < -0.4 is 0 Å². The molecule has 6 atom stereocenters. The normalized spacial score (nSPS) is 35.2. The van der Waals surface area contributed by atoms with E-state index in [9.17, 15) is 34.2 Å². The molecule has 0 radical (unpaired) electrons. The van der Waals surface area contributed by atoms with Gasteiger partial charge in [0.05, 0.1) is 11.5 Å². The molecule has 3 aliphatic rings. The predicted octanol–water partition coefficient (Wildman–Crippen LogP) is 4.07. The molecule has 0 bridgehead atoms. The molecule has 0 heterocycles. The van der Waals surface area contributed by atoms with Crippen molar-refractivity contribution in [3.8, 4) is 5.75 Å². The summed E-state index contributed by atoms with van der Waals surface area (Å²) in [5, 5.41) is 22.8. The molecule has 0 spiro atoms. The van der Waals surface area contributed by atoms with E-state index in [0.29, 0.717) is 12.0 Å². The van der Waals surface area contributed by atoms with E-state index in [0.717, 1.165) is 18.9 Å². The summed E-state index contributed by atoms with van der Waals surface area (Å²) in [4.78, 5) is 68.0. The molecule has 2 N–H and O–H groups in total. The highest BCUT2D eigenvalue weighted by Gasteiger charge is 2.76. The quantitative estimate of drug-likeness (QED) is 0.569. The summed E-state index contributed by atoms with van der Waals surface area (Å²) in [7, 11) is 0. The van der Waals surface area contributed by atoms with Gasteiger partial charge >= 0.3 is 0 Å². The molecule has 3 unspecified atom stereocenters. The Kier molecular flexibility index (Phi) is 6.46. The van der Waals surface area contributed by atoms with Crippen molar-refractivity contribution in [2.24, 2.45) is 39.9 Å². The summed E-state index contributed by atoms with van der Waals surface area (Å²) in [5.41, 5.74) is -3.43. The van der Waals surface area contributed by atoms with Crippen molar-refractivity contribution in [2.75, 3.05) is 0 Å². The first-order valence-electron chi connectivity index (χ1n) is 13.5. The zero-order chi connectivity index (χ0) is 28.7. The Morgan fingerprint density at radius 3 is 2.21 bits per heavy atom. The van der Waals surface area contributed by atoms with Crippen molar-refractivity contribution in [3.63, 3.8) is 0 Å². The number of phenolic OH excluding ortho intramolecular Hbond substituents is 1. The molecule has 0 aliphatic heterocycles. The van der Waals surface area contributed by atoms with Gasteiger partial charge in [-0.1, -0.05) is 54.5 Å². The molecule has 2 saturated carbocycles. The predicted molar refractivity (Wildman–Crippen MR) is 141 cm³/mol. The molecule has 1 aromatic rings. The van der Waals surface area contributed by atoms with Crippen LogP contribution in [-0.4, -0.2) is 44.7 Å². The Morgan fingerprint density at radius 1 is 1.08 bits per heavy atom. The molecule has 7 nitrogen and oxygen atoms in total. The van der Waals surface area contributed by atoms with Gasteiger partial charge in [0, 0.05) is 11.3 Å². The maximum Gasteiger partial charge on any atom is 0.190 e. The molecular weight excluding hydrogens is 484 g/mol. The van der Waals surface area contributed by atoms with Gasteiger partial charge < -0.3 is 10.2 Å². The lowest BCUT2D eigenvalue weighted by atomic mass is 9.40. The summed E-state index contributed by atoms with van der Waals surface area (Å²) < 4.78 is 0. The maximum atomic E-state index is 14.3. The largest absolute Gasteiger partial charge is 0.507 e. The number of ketones is 5. The van der Waals surface area contributed by atoms with Crippen LogP contribution in [0.4, 0.5) is 0 Å². The fraction of sp³-hybridized carbons (Fsp3) is 0.645. The molecule has 7 heteroatoms. The van der Waals surface area contributed by atoms with Crippen LogP contribution in [0.3, 0.4) is 0 Å². The van der Waals surface area contributed by atoms with E-state index in [2.05, 4.69) is 20.8 Å². The highest BCUT2D eigenvalue weighted by molar-refractivity contribution is 6.32. The van der Waals surface area contributed by atoms with E-state index in [1.807, 2.05) is 13.0 Å². The number of aromatic hydroxyl groups is 1. The first-order valence-corrected chi connectivity index (χ1v) is 13.5. The number of aliphatic hydroxyl groups is 1. The van der Waals surface area contributed by atoms with E-state index in [1.54, 1.807) is 20.8 Å². The van der Waals surface area contributed by atoms with E-state index >= 15 is 0 Å². The second kappa shape index (κ2) is 8.67. The topological polar surface area (TPSA) is 126 Å². The van der Waals surface area contributed by atoms with Crippen molar-refractivity contribution in [1.82, 2.24) is 0 Å². The summed E-state index contributed by atoms with van der Waals surface area (Å²) in [6, 6.07) is 3.29. The minimum absolute atomic E-state index is 0.0429. The number of aryl methyl sites for hydroxylation is 1. The Bertz CT molecular complexity index is 1270. The number of hydrogen-bond acceptors (Lipinski definition) is 7. The second-order valence-electron chi connectivity index (χ2n) is 14.0. The lowest BCUT2D eigenvalue weighted by Crippen LogP contribution is -2.76. The first-order chi connectivity index (χ1) is 17.3. The molecule has 0 aromatic heterocycles. The van der Waals surface area contributed by atoms with Gasteiger partial charge in [0.25, 0.3) is 0 Å². The minimum Gasteiger partial charge on any atom is -0.507 e. The van der Waals surface area contributed by atoms with Crippen molar-refractivity contribution in [3.05, 3.63) is 28.8 Å². The van der Waals surface area contributed by atoms with Crippen LogP contribution in [0.1, 0.15) is 89.7 Å². The molecule has 1 aromatic carbocycles. The van der Waals surface area contributed by atoms with Crippen LogP contribution in [-0.2, 0) is 32.0 Å². The fourth-order valence-corrected chi connectivity index (χ4v) is 7.94. The van der Waals surface area contributed by atoms with Gasteiger partial charge in [0.2, 0.25) is 0 Å². The molecule has 0 amide bonds. The van der Waals surface area contributed by atoms with Crippen LogP contribution in [0, 0.1) is 39.9 Å². The second-order valence-corrected chi connectivity index (χ2v) is 14.0. The third-order valence-corrected chi connectivity index (χ3v) is 9.50. The molecule has 2 fully saturated rings. The third kappa shape index (κ3) is 3.75. The van der Waals surface area contributed by atoms with Crippen molar-refractivity contribution >= 4 is 28.9 Å². The SMILES string of the molecule is CC(=O)C1C(=O)C(C(C)C)[C@@]2(C)C[C@@]3(C)Cc4c(CCC(C)(C)C)ccc(O)c4C(=O)C3C(=O)[C@@]2(O)C1=O. The van der Waals surface area contributed by atoms with Gasteiger partial charge in [0.15, 0.2) is 28.7 Å². The van der Waals surface area contributed by atoms with Crippen LogP contribution >= 0.6 is 0 Å². The van der Waals surface area contributed by atoms with Crippen molar-refractivity contribution < 1.29 is 34.2 Å². The van der Waals surface area contributed by atoms with Gasteiger partial charge in [-0.15, -0.1) is 0 Å². The highest BCUT2D eigenvalue weighted by atomic mass is 16.3. The van der Waals surface area contributed by atoms with Gasteiger partial charge in [-0.3, -0.25) is 24.0 Å². The smallest absolute Gasteiger partial charge is 0.190 e. The lowest BCUT2D eigenvalue weighted by molar-refractivity contribution is -0.205. The third-order valence-electron chi connectivity index (χ3n) is 9.50. The number of rotatable bonds is 4. The van der Waals surface area contributed by atoms with Crippen LogP contribution in [0.5, 0.6) is 5.75 Å². The molecular formula is C31H40O7. The van der Waals surface area contributed by atoms with E-state index < -0.39 is 63.1 Å². The number of fused-ring (bicyclic) bond motifs is 3. The zero-order valence-corrected chi connectivity index (χ0v) is 23.7. The maximum absolute atomic E-state index is 14.3. The monoisotopic (exact) mass is 524 g/mol. The van der Waals surface area contributed by atoms with E-state index in [1.165, 1.54) is 6.07 Å². The molecule has 0 saturated heterocycles. The Labute approximate surface area is 224 Å². The number of phenols is 1. The average Bonchev–Trinajstić information content (AvgIpc) is 2.74. The van der Waals surface area contributed by atoms with Crippen molar-refractivity contribution in [2.45, 2.75) is 86.7 Å². The number of carbonyl (C=O) groups is 5. The van der Waals surface area contributed by atoms with Crippen molar-refractivity contribution in [1.29, 1.82) is 0 Å². The zero-order valence-electron chi connectivity index (χ0n) is 23.7. The van der Waals surface area contributed by atoms with Gasteiger partial charge in [0.1, 0.15) is 17.5 Å². The highest BCUT2D eigenvalue weighted by Crippen LogP contribution is 2.63. The number of benzene rings is 1. The number of Topliss-reactive ketones (excluding diaryl/α,β-unsaturated/α-hetero) is 5. The number of hydrogen-bond donors (Lipinski definition) is 2. The van der Waals surface area contributed by atoms with Gasteiger partial charge in [-0.05, 0) is 66.5 Å². The molecule has 38 heavy (non-hydrogen) atoms. The first kappa shape index (κ1) is 28.3. The van der Waals surface area contributed by atoms with Crippen LogP contribution in [0.2, 0.25) is 0 Å². The van der Waals surface area contributed by atoms with Gasteiger partial charge in [-0.25, -0.2) is 0 Å². The Balaban J connectivity index is 1.93.